The van der Waals surface area contributed by atoms with Crippen LogP contribution in [0.15, 0.2) is 35.3 Å². The van der Waals surface area contributed by atoms with Crippen molar-refractivity contribution in [3.63, 3.8) is 0 Å². The molecule has 0 radical (unpaired) electrons. The Morgan fingerprint density at radius 2 is 2.00 bits per heavy atom. The van der Waals surface area contributed by atoms with Crippen LogP contribution in [0.4, 0.5) is 5.69 Å². The summed E-state index contributed by atoms with van der Waals surface area (Å²) in [4.78, 5) is 20.0. The smallest absolute Gasteiger partial charge is 0.264 e. The summed E-state index contributed by atoms with van der Waals surface area (Å²) in [6.07, 6.45) is 6.37. The highest BCUT2D eigenvalue weighted by molar-refractivity contribution is 6.30. The molecule has 5 rings (SSSR count). The largest absolute Gasteiger partial charge is 0.362 e. The molecule has 3 heterocycles. The molecular formula is C19H20ClN5O. The highest BCUT2D eigenvalue weighted by atomic mass is 35.5. The second kappa shape index (κ2) is 6.13. The number of aromatic nitrogens is 4. The van der Waals surface area contributed by atoms with Gasteiger partial charge in [0, 0.05) is 23.8 Å². The number of hydrogen-bond acceptors (Lipinski definition) is 4. The van der Waals surface area contributed by atoms with Crippen molar-refractivity contribution < 1.29 is 0 Å². The second-order valence-corrected chi connectivity index (χ2v) is 7.59. The summed E-state index contributed by atoms with van der Waals surface area (Å²) in [6.45, 7) is 1.98. The Hall–Kier alpha value is -2.34. The number of hydrogen-bond donors (Lipinski definition) is 0. The summed E-state index contributed by atoms with van der Waals surface area (Å²) in [7, 11) is 0. The molecule has 3 aromatic rings. The van der Waals surface area contributed by atoms with Crippen LogP contribution >= 0.6 is 11.6 Å². The summed E-state index contributed by atoms with van der Waals surface area (Å²) in [6, 6.07) is 8.19. The van der Waals surface area contributed by atoms with Crippen LogP contribution in [0.2, 0.25) is 5.02 Å². The van der Waals surface area contributed by atoms with Gasteiger partial charge in [0.05, 0.1) is 18.8 Å². The average Bonchev–Trinajstić information content (AvgIpc) is 3.31. The van der Waals surface area contributed by atoms with E-state index in [4.69, 9.17) is 16.6 Å². The van der Waals surface area contributed by atoms with E-state index in [1.165, 1.54) is 12.8 Å². The maximum atomic E-state index is 12.9. The minimum absolute atomic E-state index is 0.0278. The van der Waals surface area contributed by atoms with Gasteiger partial charge in [-0.3, -0.25) is 9.36 Å². The molecule has 134 valence electrons. The molecule has 0 unspecified atom stereocenters. The Labute approximate surface area is 156 Å². The third-order valence-electron chi connectivity index (χ3n) is 5.56. The van der Waals surface area contributed by atoms with E-state index in [0.717, 1.165) is 36.5 Å². The molecule has 1 aromatic carbocycles. The fraction of sp³-hybridized carbons (Fsp3) is 0.421. The van der Waals surface area contributed by atoms with Crippen molar-refractivity contribution in [3.05, 3.63) is 51.7 Å². The molecule has 1 fully saturated rings. The van der Waals surface area contributed by atoms with Gasteiger partial charge >= 0.3 is 0 Å². The molecule has 26 heavy (non-hydrogen) atoms. The number of fused-ring (bicyclic) bond motifs is 2. The lowest BCUT2D eigenvalue weighted by molar-refractivity contribution is 0.474. The van der Waals surface area contributed by atoms with Crippen LogP contribution in [0.1, 0.15) is 37.5 Å². The van der Waals surface area contributed by atoms with E-state index in [1.807, 2.05) is 28.9 Å². The maximum absolute atomic E-state index is 12.9. The molecule has 7 heteroatoms. The van der Waals surface area contributed by atoms with Crippen molar-refractivity contribution in [2.24, 2.45) is 0 Å². The quantitative estimate of drug-likeness (QED) is 0.694. The Bertz CT molecular complexity index is 1030. The normalized spacial score (nSPS) is 17.8. The fourth-order valence-electron chi connectivity index (χ4n) is 4.19. The van der Waals surface area contributed by atoms with Crippen LogP contribution in [0.25, 0.3) is 11.0 Å². The van der Waals surface area contributed by atoms with Crippen LogP contribution < -0.4 is 10.5 Å². The Morgan fingerprint density at radius 3 is 2.81 bits per heavy atom. The van der Waals surface area contributed by atoms with E-state index in [1.54, 1.807) is 10.8 Å². The standard InChI is InChI=1S/C19H20ClN5O/c20-13-4-3-7-15(10-13)23-8-9-24-17(12-23)22-18-16(19(24)26)11-21-25(18)14-5-1-2-6-14/h3-4,7,10-11,14H,1-2,5-6,8-9,12H2. The summed E-state index contributed by atoms with van der Waals surface area (Å²) < 4.78 is 3.77. The SMILES string of the molecule is O=c1c2cnn(C3CCCC3)c2nc2n1CCN(c1cccc(Cl)c1)C2. The zero-order chi connectivity index (χ0) is 17.7. The van der Waals surface area contributed by atoms with Crippen molar-refractivity contribution in [3.8, 4) is 0 Å². The van der Waals surface area contributed by atoms with E-state index >= 15 is 0 Å². The van der Waals surface area contributed by atoms with Gasteiger partial charge in [0.1, 0.15) is 11.2 Å². The third kappa shape index (κ3) is 2.51. The first-order chi connectivity index (χ1) is 12.7. The number of halogens is 1. The number of nitrogens with zero attached hydrogens (tertiary/aromatic N) is 5. The Balaban J connectivity index is 1.57. The molecule has 1 saturated carbocycles. The van der Waals surface area contributed by atoms with Gasteiger partial charge in [-0.05, 0) is 31.0 Å². The van der Waals surface area contributed by atoms with Crippen LogP contribution in [-0.2, 0) is 13.1 Å². The van der Waals surface area contributed by atoms with Gasteiger partial charge < -0.3 is 4.90 Å². The molecule has 0 amide bonds. The average molecular weight is 370 g/mol. The first-order valence-corrected chi connectivity index (χ1v) is 9.56. The molecule has 0 N–H and O–H groups in total. The van der Waals surface area contributed by atoms with Crippen LogP contribution in [0.5, 0.6) is 0 Å². The van der Waals surface area contributed by atoms with E-state index in [2.05, 4.69) is 10.00 Å². The summed E-state index contributed by atoms with van der Waals surface area (Å²) in [5.74, 6) is 0.800. The van der Waals surface area contributed by atoms with Gasteiger partial charge in [0.25, 0.3) is 5.56 Å². The first-order valence-electron chi connectivity index (χ1n) is 9.18. The molecular weight excluding hydrogens is 350 g/mol. The zero-order valence-electron chi connectivity index (χ0n) is 14.4. The van der Waals surface area contributed by atoms with Crippen molar-refractivity contribution in [2.75, 3.05) is 11.4 Å². The zero-order valence-corrected chi connectivity index (χ0v) is 15.2. The third-order valence-corrected chi connectivity index (χ3v) is 5.80. The van der Waals surface area contributed by atoms with E-state index < -0.39 is 0 Å². The van der Waals surface area contributed by atoms with E-state index in [9.17, 15) is 4.79 Å². The Morgan fingerprint density at radius 1 is 1.15 bits per heavy atom. The summed E-state index contributed by atoms with van der Waals surface area (Å²) >= 11 is 6.14. The summed E-state index contributed by atoms with van der Waals surface area (Å²) in [5, 5.41) is 5.86. The minimum atomic E-state index is 0.0278. The summed E-state index contributed by atoms with van der Waals surface area (Å²) in [5.41, 5.74) is 1.82. The molecule has 2 aromatic heterocycles. The van der Waals surface area contributed by atoms with Crippen molar-refractivity contribution in [2.45, 2.75) is 44.8 Å². The maximum Gasteiger partial charge on any atom is 0.264 e. The minimum Gasteiger partial charge on any atom is -0.362 e. The number of anilines is 1. The molecule has 0 bridgehead atoms. The number of benzene rings is 1. The van der Waals surface area contributed by atoms with Gasteiger partial charge in [0.15, 0.2) is 5.65 Å². The van der Waals surface area contributed by atoms with E-state index in [-0.39, 0.29) is 5.56 Å². The lowest BCUT2D eigenvalue weighted by Crippen LogP contribution is -2.40. The van der Waals surface area contributed by atoms with Gasteiger partial charge in [0.2, 0.25) is 0 Å². The van der Waals surface area contributed by atoms with E-state index in [0.29, 0.717) is 29.5 Å². The van der Waals surface area contributed by atoms with Crippen molar-refractivity contribution in [1.29, 1.82) is 0 Å². The van der Waals surface area contributed by atoms with Crippen molar-refractivity contribution >= 4 is 28.3 Å². The lowest BCUT2D eigenvalue weighted by Gasteiger charge is -2.31. The highest BCUT2D eigenvalue weighted by Crippen LogP contribution is 2.31. The molecule has 1 aliphatic carbocycles. The van der Waals surface area contributed by atoms with Gasteiger partial charge in [-0.15, -0.1) is 0 Å². The highest BCUT2D eigenvalue weighted by Gasteiger charge is 2.25. The van der Waals surface area contributed by atoms with Crippen LogP contribution in [0, 0.1) is 0 Å². The fourth-order valence-corrected chi connectivity index (χ4v) is 4.38. The van der Waals surface area contributed by atoms with Gasteiger partial charge in [-0.25, -0.2) is 9.67 Å². The topological polar surface area (TPSA) is 56.0 Å². The van der Waals surface area contributed by atoms with Crippen LogP contribution in [-0.4, -0.2) is 25.9 Å². The second-order valence-electron chi connectivity index (χ2n) is 7.15. The molecule has 2 aliphatic rings. The molecule has 0 atom stereocenters. The van der Waals surface area contributed by atoms with Crippen LogP contribution in [0.3, 0.4) is 0 Å². The predicted octanol–water partition coefficient (Wildman–Crippen LogP) is 3.38. The molecule has 0 saturated heterocycles. The molecule has 0 spiro atoms. The van der Waals surface area contributed by atoms with Crippen molar-refractivity contribution in [1.82, 2.24) is 19.3 Å². The Kier molecular flexibility index (Phi) is 3.74. The van der Waals surface area contributed by atoms with Gasteiger partial charge in [-0.1, -0.05) is 30.5 Å². The monoisotopic (exact) mass is 369 g/mol. The first kappa shape index (κ1) is 15.9. The molecule has 1 aliphatic heterocycles. The predicted molar refractivity (Wildman–Crippen MR) is 102 cm³/mol. The molecule has 6 nitrogen and oxygen atoms in total. The van der Waals surface area contributed by atoms with Gasteiger partial charge in [-0.2, -0.15) is 5.10 Å². The number of rotatable bonds is 2. The lowest BCUT2D eigenvalue weighted by atomic mass is 10.2.